The predicted molar refractivity (Wildman–Crippen MR) is 99.1 cm³/mol. The molecule has 0 spiro atoms. The van der Waals surface area contributed by atoms with Gasteiger partial charge in [-0.15, -0.1) is 0 Å². The SMILES string of the molecule is CCCCCCCC/C=C\CCCCCCCC(N)=O.O=S(=O)([O-])[O-].[Na+].[Na+]. The van der Waals surface area contributed by atoms with Gasteiger partial charge in [0.15, 0.2) is 0 Å². The molecule has 9 heteroatoms. The van der Waals surface area contributed by atoms with E-state index in [9.17, 15) is 4.79 Å². The molecule has 0 fully saturated rings. The molecule has 0 unspecified atom stereocenters. The normalized spacial score (nSPS) is 10.5. The van der Waals surface area contributed by atoms with Crippen molar-refractivity contribution in [2.75, 3.05) is 0 Å². The Morgan fingerprint density at radius 2 is 1.11 bits per heavy atom. The standard InChI is InChI=1S/C18H35NO.2Na.H2O4S/c1-2-3-4-5-6-7-8-9-10-11-12-13-14-15-16-17-18(19)20;;;1-5(2,3)4/h9-10H,2-8,11-17H2,1H3,(H2,19,20);;;(H2,1,2,3,4)/q;2*+1;/p-2/b10-9-;;;. The van der Waals surface area contributed by atoms with Gasteiger partial charge in [0.25, 0.3) is 0 Å². The van der Waals surface area contributed by atoms with Crippen LogP contribution in [0.5, 0.6) is 0 Å². The van der Waals surface area contributed by atoms with Crippen molar-refractivity contribution in [3.8, 4) is 0 Å². The number of nitrogens with two attached hydrogens (primary N) is 1. The summed E-state index contributed by atoms with van der Waals surface area (Å²) in [6, 6.07) is 0. The summed E-state index contributed by atoms with van der Waals surface area (Å²) < 4.78 is 34.1. The molecule has 0 rings (SSSR count). The number of carbonyl (C=O) groups excluding carboxylic acids is 1. The van der Waals surface area contributed by atoms with Crippen molar-refractivity contribution in [1.82, 2.24) is 0 Å². The average Bonchev–Trinajstić information content (AvgIpc) is 2.49. The van der Waals surface area contributed by atoms with E-state index in [1.165, 1.54) is 70.6 Å². The predicted octanol–water partition coefficient (Wildman–Crippen LogP) is -1.82. The Morgan fingerprint density at radius 1 is 0.778 bits per heavy atom. The van der Waals surface area contributed by atoms with E-state index < -0.39 is 10.4 Å². The third-order valence-electron chi connectivity index (χ3n) is 3.68. The Hall–Kier alpha value is 1.08. The van der Waals surface area contributed by atoms with E-state index in [0.29, 0.717) is 6.42 Å². The fraction of sp³-hybridized carbons (Fsp3) is 0.833. The molecule has 0 bridgehead atoms. The summed E-state index contributed by atoms with van der Waals surface area (Å²) in [4.78, 5) is 10.5. The van der Waals surface area contributed by atoms with Crippen LogP contribution in [0.1, 0.15) is 96.8 Å². The molecule has 2 N–H and O–H groups in total. The molecule has 6 nitrogen and oxygen atoms in total. The van der Waals surface area contributed by atoms with E-state index in [1.807, 2.05) is 0 Å². The first-order valence-corrected chi connectivity index (χ1v) is 10.7. The van der Waals surface area contributed by atoms with Gasteiger partial charge in [-0.05, 0) is 32.1 Å². The maximum absolute atomic E-state index is 10.5. The van der Waals surface area contributed by atoms with E-state index >= 15 is 0 Å². The van der Waals surface area contributed by atoms with E-state index in [-0.39, 0.29) is 65.0 Å². The van der Waals surface area contributed by atoms with Crippen molar-refractivity contribution in [2.45, 2.75) is 96.8 Å². The zero-order valence-corrected chi connectivity index (χ0v) is 22.4. The van der Waals surface area contributed by atoms with Gasteiger partial charge < -0.3 is 14.8 Å². The topological polar surface area (TPSA) is 123 Å². The summed E-state index contributed by atoms with van der Waals surface area (Å²) in [5.41, 5.74) is 5.10. The van der Waals surface area contributed by atoms with E-state index in [4.69, 9.17) is 23.3 Å². The fourth-order valence-corrected chi connectivity index (χ4v) is 2.37. The van der Waals surface area contributed by atoms with Crippen LogP contribution in [0.3, 0.4) is 0 Å². The molecule has 0 radical (unpaired) electrons. The van der Waals surface area contributed by atoms with Gasteiger partial charge in [-0.25, -0.2) is 0 Å². The number of rotatable bonds is 15. The maximum atomic E-state index is 10.5. The number of allylic oxidation sites excluding steroid dienone is 2. The van der Waals surface area contributed by atoms with E-state index in [1.54, 1.807) is 0 Å². The van der Waals surface area contributed by atoms with E-state index in [0.717, 1.165) is 12.8 Å². The summed E-state index contributed by atoms with van der Waals surface area (Å²) in [6.45, 7) is 2.26. The molecule has 0 aromatic rings. The van der Waals surface area contributed by atoms with Crippen LogP contribution in [0.4, 0.5) is 0 Å². The number of hydrogen-bond acceptors (Lipinski definition) is 5. The molecule has 0 saturated heterocycles. The summed E-state index contributed by atoms with van der Waals surface area (Å²) >= 11 is 0. The van der Waals surface area contributed by atoms with Crippen molar-refractivity contribution in [1.29, 1.82) is 0 Å². The van der Waals surface area contributed by atoms with Gasteiger partial charge in [0.1, 0.15) is 0 Å². The molecule has 150 valence electrons. The van der Waals surface area contributed by atoms with Crippen LogP contribution in [-0.2, 0) is 15.2 Å². The van der Waals surface area contributed by atoms with Crippen molar-refractivity contribution in [2.24, 2.45) is 5.73 Å². The smallest absolute Gasteiger partial charge is 0.759 e. The number of primary amides is 1. The van der Waals surface area contributed by atoms with Gasteiger partial charge in [0.05, 0.1) is 0 Å². The maximum Gasteiger partial charge on any atom is 1.00 e. The van der Waals surface area contributed by atoms with Gasteiger partial charge in [-0.1, -0.05) is 70.4 Å². The second kappa shape index (κ2) is 27.1. The zero-order chi connectivity index (χ0) is 19.4. The van der Waals surface area contributed by atoms with Gasteiger partial charge >= 0.3 is 59.1 Å². The number of amides is 1. The molecule has 0 aliphatic rings. The second-order valence-corrected chi connectivity index (χ2v) is 7.03. The van der Waals surface area contributed by atoms with Crippen molar-refractivity contribution >= 4 is 16.3 Å². The Labute approximate surface area is 210 Å². The first kappa shape index (κ1) is 35.5. The third-order valence-corrected chi connectivity index (χ3v) is 3.68. The molecule has 27 heavy (non-hydrogen) atoms. The molecule has 0 aromatic heterocycles. The van der Waals surface area contributed by atoms with Crippen molar-refractivity contribution in [3.63, 3.8) is 0 Å². The van der Waals surface area contributed by atoms with Crippen LogP contribution in [0.2, 0.25) is 0 Å². The molecular formula is C18H35NNa2O5S. The number of hydrogen-bond donors (Lipinski definition) is 1. The van der Waals surface area contributed by atoms with Crippen LogP contribution in [0.25, 0.3) is 0 Å². The van der Waals surface area contributed by atoms with Gasteiger partial charge in [-0.3, -0.25) is 13.2 Å². The number of unbranched alkanes of at least 4 members (excludes halogenated alkanes) is 11. The number of carbonyl (C=O) groups is 1. The van der Waals surface area contributed by atoms with E-state index in [2.05, 4.69) is 19.1 Å². The van der Waals surface area contributed by atoms with Crippen molar-refractivity contribution < 1.29 is 81.4 Å². The van der Waals surface area contributed by atoms with Gasteiger partial charge in [0.2, 0.25) is 5.91 Å². The fourth-order valence-electron chi connectivity index (χ4n) is 2.37. The summed E-state index contributed by atoms with van der Waals surface area (Å²) in [5, 5.41) is 0. The Balaban J connectivity index is -0.000000333. The molecule has 1 amide bonds. The van der Waals surface area contributed by atoms with Gasteiger partial charge in [0, 0.05) is 16.8 Å². The third kappa shape index (κ3) is 52.1. The molecular weight excluding hydrogens is 388 g/mol. The largest absolute Gasteiger partial charge is 1.00 e. The van der Waals surface area contributed by atoms with Crippen LogP contribution in [0.15, 0.2) is 12.2 Å². The van der Waals surface area contributed by atoms with Crippen LogP contribution >= 0.6 is 0 Å². The molecule has 0 aliphatic heterocycles. The van der Waals surface area contributed by atoms with Crippen LogP contribution in [-0.4, -0.2) is 23.4 Å². The molecule has 0 aliphatic carbocycles. The first-order chi connectivity index (χ1) is 11.8. The Bertz CT molecular complexity index is 423. The summed E-state index contributed by atoms with van der Waals surface area (Å²) in [6.07, 6.45) is 21.9. The van der Waals surface area contributed by atoms with Crippen LogP contribution < -0.4 is 64.8 Å². The van der Waals surface area contributed by atoms with Crippen molar-refractivity contribution in [3.05, 3.63) is 12.2 Å². The summed E-state index contributed by atoms with van der Waals surface area (Å²) in [7, 11) is -5.17. The molecule has 0 saturated carbocycles. The summed E-state index contributed by atoms with van der Waals surface area (Å²) in [5.74, 6) is -0.164. The molecule has 0 heterocycles. The molecule has 0 atom stereocenters. The zero-order valence-electron chi connectivity index (χ0n) is 17.6. The minimum absolute atomic E-state index is 0. The Kier molecular flexibility index (Phi) is 35.6. The average molecular weight is 424 g/mol. The molecule has 0 aromatic carbocycles. The monoisotopic (exact) mass is 423 g/mol. The van der Waals surface area contributed by atoms with Gasteiger partial charge in [-0.2, -0.15) is 0 Å². The first-order valence-electron chi connectivity index (χ1n) is 9.37. The second-order valence-electron chi connectivity index (χ2n) is 6.21. The quantitative estimate of drug-likeness (QED) is 0.109. The minimum Gasteiger partial charge on any atom is -0.759 e. The van der Waals surface area contributed by atoms with Crippen LogP contribution in [0, 0.1) is 0 Å². The Morgan fingerprint density at radius 3 is 1.48 bits per heavy atom. The minimum atomic E-state index is -5.17.